The van der Waals surface area contributed by atoms with E-state index in [4.69, 9.17) is 0 Å². The highest BCUT2D eigenvalue weighted by atomic mass is 32.1. The molecule has 0 saturated carbocycles. The highest BCUT2D eigenvalue weighted by molar-refractivity contribution is 7.09. The van der Waals surface area contributed by atoms with Crippen LogP contribution in [0.25, 0.3) is 0 Å². The molecule has 0 fully saturated rings. The molecule has 0 aliphatic rings. The molecule has 62 valence electrons. The van der Waals surface area contributed by atoms with E-state index >= 15 is 0 Å². The molecule has 1 atom stereocenters. The summed E-state index contributed by atoms with van der Waals surface area (Å²) in [4.78, 5) is 0. The van der Waals surface area contributed by atoms with Crippen LogP contribution >= 0.6 is 11.5 Å². The zero-order chi connectivity index (χ0) is 8.27. The van der Waals surface area contributed by atoms with Crippen LogP contribution < -0.4 is 5.32 Å². The Labute approximate surface area is 71.0 Å². The van der Waals surface area contributed by atoms with Crippen LogP contribution in [0.5, 0.6) is 0 Å². The molecule has 0 spiro atoms. The van der Waals surface area contributed by atoms with Gasteiger partial charge in [0.2, 0.25) is 0 Å². The van der Waals surface area contributed by atoms with Gasteiger partial charge in [0.1, 0.15) is 5.00 Å². The Hall–Kier alpha value is -0.640. The first-order valence-corrected chi connectivity index (χ1v) is 4.51. The number of hydrogen-bond acceptors (Lipinski definition) is 4. The number of nitrogens with zero attached hydrogens (tertiary/aromatic N) is 2. The first kappa shape index (κ1) is 8.46. The first-order chi connectivity index (χ1) is 5.20. The van der Waals surface area contributed by atoms with E-state index < -0.39 is 0 Å². The van der Waals surface area contributed by atoms with Gasteiger partial charge in [-0.3, -0.25) is 0 Å². The quantitative estimate of drug-likeness (QED) is 0.755. The Kier molecular flexibility index (Phi) is 2.82. The summed E-state index contributed by atoms with van der Waals surface area (Å²) in [7, 11) is 0. The third kappa shape index (κ3) is 2.46. The summed E-state index contributed by atoms with van der Waals surface area (Å²) in [5.41, 5.74) is 0. The lowest BCUT2D eigenvalue weighted by Gasteiger charge is -2.16. The van der Waals surface area contributed by atoms with Gasteiger partial charge in [0.05, 0.1) is 6.20 Å². The second-order valence-electron chi connectivity index (χ2n) is 2.96. The normalized spacial score (nSPS) is 13.5. The molecule has 0 amide bonds. The summed E-state index contributed by atoms with van der Waals surface area (Å²) in [5, 5.41) is 8.10. The van der Waals surface area contributed by atoms with Crippen LogP contribution in [0.15, 0.2) is 6.20 Å². The topological polar surface area (TPSA) is 37.8 Å². The van der Waals surface area contributed by atoms with Crippen LogP contribution in [0.3, 0.4) is 0 Å². The third-order valence-electron chi connectivity index (χ3n) is 1.73. The van der Waals surface area contributed by atoms with Crippen LogP contribution in [0.4, 0.5) is 5.00 Å². The van der Waals surface area contributed by atoms with E-state index in [-0.39, 0.29) is 0 Å². The lowest BCUT2D eigenvalue weighted by atomic mass is 10.1. The van der Waals surface area contributed by atoms with Crippen molar-refractivity contribution in [1.29, 1.82) is 0 Å². The van der Waals surface area contributed by atoms with E-state index in [1.807, 2.05) is 0 Å². The molecule has 1 aromatic rings. The van der Waals surface area contributed by atoms with Crippen molar-refractivity contribution in [3.05, 3.63) is 6.20 Å². The maximum absolute atomic E-state index is 3.76. The number of rotatable bonds is 3. The molecular formula is C7H13N3S. The highest BCUT2D eigenvalue weighted by Crippen LogP contribution is 2.13. The Morgan fingerprint density at radius 2 is 2.18 bits per heavy atom. The van der Waals surface area contributed by atoms with Crippen LogP contribution in [0.1, 0.15) is 20.8 Å². The van der Waals surface area contributed by atoms with Gasteiger partial charge in [-0.15, -0.1) is 5.10 Å². The molecule has 1 heterocycles. The van der Waals surface area contributed by atoms with Crippen molar-refractivity contribution in [3.63, 3.8) is 0 Å². The van der Waals surface area contributed by atoms with E-state index in [1.54, 1.807) is 6.20 Å². The number of anilines is 1. The minimum Gasteiger partial charge on any atom is -0.372 e. The summed E-state index contributed by atoms with van der Waals surface area (Å²) in [5.74, 6) is 0.636. The number of aromatic nitrogens is 2. The lowest BCUT2D eigenvalue weighted by Crippen LogP contribution is -2.20. The predicted octanol–water partition coefficient (Wildman–Crippen LogP) is 1.99. The summed E-state index contributed by atoms with van der Waals surface area (Å²) in [6.45, 7) is 6.53. The Balaban J connectivity index is 2.43. The molecule has 0 radical (unpaired) electrons. The number of hydrogen-bond donors (Lipinski definition) is 1. The van der Waals surface area contributed by atoms with Gasteiger partial charge >= 0.3 is 0 Å². The molecule has 1 N–H and O–H groups in total. The van der Waals surface area contributed by atoms with Gasteiger partial charge in [0.15, 0.2) is 0 Å². The summed E-state index contributed by atoms with van der Waals surface area (Å²) < 4.78 is 3.76. The predicted molar refractivity (Wildman–Crippen MR) is 47.8 cm³/mol. The molecule has 0 aliphatic carbocycles. The molecule has 11 heavy (non-hydrogen) atoms. The largest absolute Gasteiger partial charge is 0.372 e. The fourth-order valence-electron chi connectivity index (χ4n) is 0.622. The standard InChI is InChI=1S/C7H13N3S/c1-5(2)6(3)9-7-4-8-10-11-7/h4-6,9H,1-3H3. The van der Waals surface area contributed by atoms with Crippen LogP contribution in [0.2, 0.25) is 0 Å². The zero-order valence-corrected chi connectivity index (χ0v) is 7.85. The maximum Gasteiger partial charge on any atom is 0.130 e. The van der Waals surface area contributed by atoms with Crippen LogP contribution in [-0.2, 0) is 0 Å². The molecule has 1 aromatic heterocycles. The molecule has 3 nitrogen and oxygen atoms in total. The minimum absolute atomic E-state index is 0.484. The second kappa shape index (κ2) is 3.67. The van der Waals surface area contributed by atoms with Gasteiger partial charge in [-0.05, 0) is 12.8 Å². The average Bonchev–Trinajstić information content (AvgIpc) is 2.39. The second-order valence-corrected chi connectivity index (χ2v) is 3.74. The molecule has 4 heteroatoms. The highest BCUT2D eigenvalue weighted by Gasteiger charge is 2.06. The van der Waals surface area contributed by atoms with E-state index in [9.17, 15) is 0 Å². The van der Waals surface area contributed by atoms with Gasteiger partial charge in [0.25, 0.3) is 0 Å². The van der Waals surface area contributed by atoms with Gasteiger partial charge in [-0.2, -0.15) is 0 Å². The molecule has 0 saturated heterocycles. The Morgan fingerprint density at radius 1 is 1.45 bits per heavy atom. The van der Waals surface area contributed by atoms with Crippen molar-refractivity contribution < 1.29 is 0 Å². The SMILES string of the molecule is CC(C)C(C)Nc1cnns1. The van der Waals surface area contributed by atoms with Gasteiger partial charge in [0, 0.05) is 17.6 Å². The molecule has 1 unspecified atom stereocenters. The van der Waals surface area contributed by atoms with Crippen molar-refractivity contribution in [2.75, 3.05) is 5.32 Å². The fourth-order valence-corrected chi connectivity index (χ4v) is 1.14. The maximum atomic E-state index is 3.76. The van der Waals surface area contributed by atoms with E-state index in [2.05, 4.69) is 35.7 Å². The minimum atomic E-state index is 0.484. The Bertz CT molecular complexity index is 195. The fraction of sp³-hybridized carbons (Fsp3) is 0.714. The van der Waals surface area contributed by atoms with E-state index in [1.165, 1.54) is 11.5 Å². The third-order valence-corrected chi connectivity index (χ3v) is 2.33. The molecular weight excluding hydrogens is 158 g/mol. The monoisotopic (exact) mass is 171 g/mol. The first-order valence-electron chi connectivity index (χ1n) is 3.74. The molecule has 0 bridgehead atoms. The summed E-state index contributed by atoms with van der Waals surface area (Å²) in [6, 6.07) is 0.484. The lowest BCUT2D eigenvalue weighted by molar-refractivity contribution is 0.561. The summed E-state index contributed by atoms with van der Waals surface area (Å²) >= 11 is 1.40. The molecule has 0 aliphatic heterocycles. The van der Waals surface area contributed by atoms with Crippen LogP contribution in [-0.4, -0.2) is 15.6 Å². The Morgan fingerprint density at radius 3 is 2.64 bits per heavy atom. The number of nitrogens with one attached hydrogen (secondary N) is 1. The van der Waals surface area contributed by atoms with Crippen molar-refractivity contribution in [3.8, 4) is 0 Å². The average molecular weight is 171 g/mol. The van der Waals surface area contributed by atoms with Crippen molar-refractivity contribution >= 4 is 16.5 Å². The van der Waals surface area contributed by atoms with Crippen molar-refractivity contribution in [1.82, 2.24) is 9.59 Å². The van der Waals surface area contributed by atoms with E-state index in [0.29, 0.717) is 12.0 Å². The van der Waals surface area contributed by atoms with Crippen molar-refractivity contribution in [2.24, 2.45) is 5.92 Å². The smallest absolute Gasteiger partial charge is 0.130 e. The zero-order valence-electron chi connectivity index (χ0n) is 7.03. The van der Waals surface area contributed by atoms with Gasteiger partial charge in [-0.1, -0.05) is 18.3 Å². The van der Waals surface area contributed by atoms with Crippen molar-refractivity contribution in [2.45, 2.75) is 26.8 Å². The van der Waals surface area contributed by atoms with Crippen LogP contribution in [0, 0.1) is 5.92 Å². The molecule has 1 rings (SSSR count). The van der Waals surface area contributed by atoms with Gasteiger partial charge in [-0.25, -0.2) is 0 Å². The summed E-state index contributed by atoms with van der Waals surface area (Å²) in [6.07, 6.45) is 1.75. The molecule has 0 aromatic carbocycles. The van der Waals surface area contributed by atoms with E-state index in [0.717, 1.165) is 5.00 Å². The van der Waals surface area contributed by atoms with Gasteiger partial charge < -0.3 is 5.32 Å².